The highest BCUT2D eigenvalue weighted by molar-refractivity contribution is 6.10. The molecule has 62 heavy (non-hydrogen) atoms. The van der Waals surface area contributed by atoms with Crippen LogP contribution in [-0.2, 0) is 0 Å². The Morgan fingerprint density at radius 2 is 0.984 bits per heavy atom. The van der Waals surface area contributed by atoms with E-state index in [0.717, 1.165) is 88.7 Å². The van der Waals surface area contributed by atoms with Gasteiger partial charge in [0.25, 0.3) is 0 Å². The normalized spacial score (nSPS) is 11.6. The molecule has 0 radical (unpaired) electrons. The summed E-state index contributed by atoms with van der Waals surface area (Å²) in [5.41, 5.74) is 14.2. The molecule has 2 heterocycles. The van der Waals surface area contributed by atoms with Gasteiger partial charge in [-0.1, -0.05) is 158 Å². The number of fused-ring (bicyclic) bond motifs is 7. The maximum atomic E-state index is 15.0. The van der Waals surface area contributed by atoms with E-state index in [1.165, 1.54) is 21.9 Å². The molecular weight excluding hydrogens is 760 g/mol. The number of rotatable bonds is 7. The van der Waals surface area contributed by atoms with Crippen molar-refractivity contribution < 1.29 is 8.81 Å². The molecule has 0 aliphatic heterocycles. The van der Waals surface area contributed by atoms with Crippen LogP contribution in [0.4, 0.5) is 21.5 Å². The Balaban J connectivity index is 1.02. The molecular formula is C58H37FN2O. The average molecular weight is 797 g/mol. The second-order valence-electron chi connectivity index (χ2n) is 15.8. The first-order chi connectivity index (χ1) is 30.7. The van der Waals surface area contributed by atoms with Crippen LogP contribution in [0.2, 0.25) is 0 Å². The summed E-state index contributed by atoms with van der Waals surface area (Å²) in [7, 11) is 0. The average Bonchev–Trinajstić information content (AvgIpc) is 3.88. The minimum absolute atomic E-state index is 0.266. The van der Waals surface area contributed by atoms with Crippen LogP contribution in [0.25, 0.3) is 93.6 Å². The van der Waals surface area contributed by atoms with Crippen LogP contribution in [0.3, 0.4) is 0 Å². The van der Waals surface area contributed by atoms with Gasteiger partial charge in [-0.3, -0.25) is 0 Å². The molecule has 0 N–H and O–H groups in total. The number of hydrogen-bond acceptors (Lipinski definition) is 2. The number of aromatic nitrogens is 1. The molecule has 0 saturated heterocycles. The minimum Gasteiger partial charge on any atom is -0.455 e. The monoisotopic (exact) mass is 796 g/mol. The maximum absolute atomic E-state index is 15.0. The van der Waals surface area contributed by atoms with Gasteiger partial charge in [0.2, 0.25) is 0 Å². The largest absolute Gasteiger partial charge is 0.455 e. The lowest BCUT2D eigenvalue weighted by Gasteiger charge is -2.28. The fourth-order valence-corrected chi connectivity index (χ4v) is 9.40. The van der Waals surface area contributed by atoms with Crippen LogP contribution >= 0.6 is 0 Å². The van der Waals surface area contributed by atoms with Gasteiger partial charge in [-0.25, -0.2) is 4.39 Å². The Hall–Kier alpha value is -8.21. The number of halogens is 1. The molecule has 0 atom stereocenters. The summed E-state index contributed by atoms with van der Waals surface area (Å²) in [6.45, 7) is 0. The zero-order chi connectivity index (χ0) is 41.1. The second-order valence-corrected chi connectivity index (χ2v) is 15.8. The number of para-hydroxylation sites is 4. The molecule has 0 aliphatic carbocycles. The molecule has 3 nitrogen and oxygen atoms in total. The van der Waals surface area contributed by atoms with Gasteiger partial charge in [-0.15, -0.1) is 0 Å². The molecule has 0 unspecified atom stereocenters. The Morgan fingerprint density at radius 1 is 0.387 bits per heavy atom. The molecule has 292 valence electrons. The van der Waals surface area contributed by atoms with Crippen LogP contribution in [-0.4, -0.2) is 4.57 Å². The van der Waals surface area contributed by atoms with Crippen LogP contribution in [0.1, 0.15) is 0 Å². The van der Waals surface area contributed by atoms with Crippen molar-refractivity contribution in [2.45, 2.75) is 0 Å². The highest BCUT2D eigenvalue weighted by Gasteiger charge is 2.21. The zero-order valence-electron chi connectivity index (χ0n) is 33.5. The number of nitrogens with zero attached hydrogens (tertiary/aromatic N) is 2. The van der Waals surface area contributed by atoms with Crippen LogP contribution < -0.4 is 4.90 Å². The topological polar surface area (TPSA) is 21.3 Å². The van der Waals surface area contributed by atoms with Gasteiger partial charge in [0.1, 0.15) is 17.0 Å². The van der Waals surface area contributed by atoms with E-state index in [4.69, 9.17) is 4.42 Å². The van der Waals surface area contributed by atoms with Crippen molar-refractivity contribution in [3.05, 3.63) is 230 Å². The smallest absolute Gasteiger partial charge is 0.143 e. The third kappa shape index (κ3) is 5.88. The van der Waals surface area contributed by atoms with E-state index in [2.05, 4.69) is 191 Å². The van der Waals surface area contributed by atoms with E-state index in [9.17, 15) is 4.39 Å². The number of furan rings is 1. The number of benzene rings is 10. The lowest BCUT2D eigenvalue weighted by atomic mass is 9.95. The lowest BCUT2D eigenvalue weighted by Crippen LogP contribution is -2.11. The molecule has 4 heteroatoms. The Kier molecular flexibility index (Phi) is 8.36. The van der Waals surface area contributed by atoms with Crippen LogP contribution in [0.5, 0.6) is 0 Å². The van der Waals surface area contributed by atoms with Gasteiger partial charge in [0.05, 0.1) is 16.7 Å². The zero-order valence-corrected chi connectivity index (χ0v) is 33.5. The van der Waals surface area contributed by atoms with Crippen molar-refractivity contribution in [1.29, 1.82) is 0 Å². The molecule has 12 rings (SSSR count). The molecule has 10 aromatic carbocycles. The van der Waals surface area contributed by atoms with Crippen molar-refractivity contribution in [3.8, 4) is 39.1 Å². The first-order valence-corrected chi connectivity index (χ1v) is 20.9. The van der Waals surface area contributed by atoms with E-state index >= 15 is 0 Å². The van der Waals surface area contributed by atoms with Gasteiger partial charge < -0.3 is 13.9 Å². The molecule has 12 aromatic rings. The summed E-state index contributed by atoms with van der Waals surface area (Å²) >= 11 is 0. The predicted molar refractivity (Wildman–Crippen MR) is 257 cm³/mol. The standard InChI is InChI=1S/C58H37FN2O/c59-42-32-35-51-50-18-4-7-24-55(50)61(56(51)36-42)45-15-10-14-44(37-45)60(43-33-30-41(31-34-43)49-21-11-22-53-52-19-5-8-25-57(52)62-58(49)53)54-23-6-3-17-48(54)40-28-26-39(27-29-40)47-20-9-13-38-12-1-2-16-46(38)47/h1-37H. The summed E-state index contributed by atoms with van der Waals surface area (Å²) < 4.78 is 23.6. The lowest BCUT2D eigenvalue weighted by molar-refractivity contribution is 0.629. The molecule has 0 fully saturated rings. The van der Waals surface area contributed by atoms with Crippen molar-refractivity contribution in [2.24, 2.45) is 0 Å². The maximum Gasteiger partial charge on any atom is 0.143 e. The van der Waals surface area contributed by atoms with E-state index in [1.807, 2.05) is 30.3 Å². The first kappa shape index (κ1) is 35.7. The van der Waals surface area contributed by atoms with E-state index in [-0.39, 0.29) is 5.82 Å². The molecule has 0 spiro atoms. The number of anilines is 3. The molecule has 2 aromatic heterocycles. The van der Waals surface area contributed by atoms with Crippen molar-refractivity contribution in [2.75, 3.05) is 4.90 Å². The Labute approximate surface area is 357 Å². The summed E-state index contributed by atoms with van der Waals surface area (Å²) in [6, 6.07) is 77.8. The number of hydrogen-bond donors (Lipinski definition) is 0. The Bertz CT molecular complexity index is 3650. The molecule has 0 bridgehead atoms. The van der Waals surface area contributed by atoms with E-state index in [0.29, 0.717) is 0 Å². The molecule has 0 saturated carbocycles. The third-order valence-corrected chi connectivity index (χ3v) is 12.3. The van der Waals surface area contributed by atoms with Gasteiger partial charge in [0.15, 0.2) is 0 Å². The van der Waals surface area contributed by atoms with E-state index in [1.54, 1.807) is 12.1 Å². The first-order valence-electron chi connectivity index (χ1n) is 20.9. The van der Waals surface area contributed by atoms with Crippen molar-refractivity contribution >= 4 is 71.6 Å². The van der Waals surface area contributed by atoms with Gasteiger partial charge in [0, 0.05) is 49.7 Å². The fraction of sp³-hybridized carbons (Fsp3) is 0. The summed E-state index contributed by atoms with van der Waals surface area (Å²) in [4.78, 5) is 2.33. The summed E-state index contributed by atoms with van der Waals surface area (Å²) in [5.74, 6) is -0.266. The quantitative estimate of drug-likeness (QED) is 0.160. The van der Waals surface area contributed by atoms with Gasteiger partial charge >= 0.3 is 0 Å². The summed E-state index contributed by atoms with van der Waals surface area (Å²) in [6.07, 6.45) is 0. The van der Waals surface area contributed by atoms with E-state index < -0.39 is 0 Å². The second kappa shape index (κ2) is 14.5. The Morgan fingerprint density at radius 3 is 1.85 bits per heavy atom. The molecule has 0 amide bonds. The van der Waals surface area contributed by atoms with Crippen molar-refractivity contribution in [3.63, 3.8) is 0 Å². The van der Waals surface area contributed by atoms with Gasteiger partial charge in [-0.05, 0) is 99.8 Å². The summed E-state index contributed by atoms with van der Waals surface area (Å²) in [5, 5.41) is 6.77. The molecule has 0 aliphatic rings. The third-order valence-electron chi connectivity index (χ3n) is 12.3. The van der Waals surface area contributed by atoms with Gasteiger partial charge in [-0.2, -0.15) is 0 Å². The fourth-order valence-electron chi connectivity index (χ4n) is 9.40. The van der Waals surface area contributed by atoms with Crippen LogP contribution in [0.15, 0.2) is 229 Å². The minimum atomic E-state index is -0.266. The van der Waals surface area contributed by atoms with Crippen molar-refractivity contribution in [1.82, 2.24) is 4.57 Å². The highest BCUT2D eigenvalue weighted by Crippen LogP contribution is 2.44. The van der Waals surface area contributed by atoms with Crippen LogP contribution in [0, 0.1) is 5.82 Å². The predicted octanol–water partition coefficient (Wildman–Crippen LogP) is 16.4. The highest BCUT2D eigenvalue weighted by atomic mass is 19.1. The SMILES string of the molecule is Fc1ccc2c3ccccc3n(-c3cccc(N(c4ccc(-c5cccc6c5oc5ccccc56)cc4)c4ccccc4-c4ccc(-c5cccc6ccccc56)cc4)c3)c2c1.